The maximum atomic E-state index is 3.42. The molecule has 9 heavy (non-hydrogen) atoms. The Kier molecular flexibility index (Phi) is 20.6. The number of aromatic nitrogens is 3. The first-order chi connectivity index (χ1) is 3.00. The molecule has 0 aliphatic heterocycles. The van der Waals surface area contributed by atoms with Crippen LogP contribution in [-0.4, -0.2) is 15.4 Å². The van der Waals surface area contributed by atoms with Crippen LogP contribution in [0.2, 0.25) is 0 Å². The summed E-state index contributed by atoms with van der Waals surface area (Å²) in [4.78, 5) is 0. The van der Waals surface area contributed by atoms with Crippen molar-refractivity contribution in [1.82, 2.24) is 15.4 Å². The molecule has 0 N–H and O–H groups in total. The fraction of sp³-hybridized carbons (Fsp3) is 0. The van der Waals surface area contributed by atoms with Gasteiger partial charge in [0.2, 0.25) is 0 Å². The van der Waals surface area contributed by atoms with Crippen molar-refractivity contribution in [3.8, 4) is 0 Å². The number of hydrogen-bond acceptors (Lipinski definition) is 3. The summed E-state index contributed by atoms with van der Waals surface area (Å²) in [5.41, 5.74) is 0. The zero-order valence-corrected chi connectivity index (χ0v) is 6.80. The van der Waals surface area contributed by atoms with E-state index in [1.165, 1.54) is 0 Å². The Balaban J connectivity index is -0.000000120. The van der Waals surface area contributed by atoms with Crippen molar-refractivity contribution in [2.45, 2.75) is 0 Å². The third-order valence-corrected chi connectivity index (χ3v) is 0.409. The predicted octanol–water partition coefficient (Wildman–Crippen LogP) is -0.136. The Hall–Kier alpha value is 0.568. The molecular weight excluding hydrogens is 269 g/mol. The summed E-state index contributed by atoms with van der Waals surface area (Å²) in [5.74, 6) is 0. The third kappa shape index (κ3) is 8.57. The summed E-state index contributed by atoms with van der Waals surface area (Å²) in [6.07, 6.45) is 3.15. The molecule has 0 aliphatic carbocycles. The van der Waals surface area contributed by atoms with Gasteiger partial charge < -0.3 is 0 Å². The molecule has 6 heteroatoms. The fourth-order valence-corrected chi connectivity index (χ4v) is 0.205. The van der Waals surface area contributed by atoms with Crippen molar-refractivity contribution in [2.75, 3.05) is 0 Å². The van der Waals surface area contributed by atoms with E-state index in [0.29, 0.717) is 0 Å². The maximum Gasteiger partial charge on any atom is 0.0529 e. The van der Waals surface area contributed by atoms with Crippen LogP contribution in [0.5, 0.6) is 0 Å². The molecule has 1 aromatic heterocycles. The quantitative estimate of drug-likeness (QED) is 0.617. The molecule has 3 nitrogen and oxygen atoms in total. The van der Waals surface area contributed by atoms with Crippen molar-refractivity contribution in [1.29, 1.82) is 0 Å². The first kappa shape index (κ1) is 16.3. The molecule has 0 unspecified atom stereocenters. The minimum Gasteiger partial charge on any atom is -0.139 e. The number of nitrogens with zero attached hydrogens (tertiary/aromatic N) is 3. The summed E-state index contributed by atoms with van der Waals surface area (Å²) >= 11 is 0. The van der Waals surface area contributed by atoms with E-state index in [4.69, 9.17) is 0 Å². The molecule has 0 aromatic carbocycles. The molecular formula is C3H3Cu3N3. The fourth-order valence-electron chi connectivity index (χ4n) is 0.205. The SMILES string of the molecule is [Cu].[Cu].[Cu].c1cnnnc1. The molecule has 3 radical (unpaired) electrons. The van der Waals surface area contributed by atoms with Gasteiger partial charge >= 0.3 is 0 Å². The second-order valence-corrected chi connectivity index (χ2v) is 0.811. The standard InChI is InChI=1S/C3H3N3.3Cu/c1-2-4-6-5-3-1;;;/h1-3H;;;. The Morgan fingerprint density at radius 1 is 0.778 bits per heavy atom. The van der Waals surface area contributed by atoms with Gasteiger partial charge in [-0.1, -0.05) is 0 Å². The average Bonchev–Trinajstić information content (AvgIpc) is 1.72. The van der Waals surface area contributed by atoms with Crippen LogP contribution < -0.4 is 0 Å². The predicted molar refractivity (Wildman–Crippen MR) is 19.8 cm³/mol. The van der Waals surface area contributed by atoms with Crippen molar-refractivity contribution in [2.24, 2.45) is 0 Å². The molecule has 0 atom stereocenters. The van der Waals surface area contributed by atoms with Crippen LogP contribution in [0.4, 0.5) is 0 Å². The summed E-state index contributed by atoms with van der Waals surface area (Å²) in [7, 11) is 0. The summed E-state index contributed by atoms with van der Waals surface area (Å²) < 4.78 is 0. The van der Waals surface area contributed by atoms with Gasteiger partial charge in [0.05, 0.1) is 12.4 Å². The second kappa shape index (κ2) is 11.4. The van der Waals surface area contributed by atoms with E-state index in [1.54, 1.807) is 18.5 Å². The summed E-state index contributed by atoms with van der Waals surface area (Å²) in [6, 6.07) is 1.72. The van der Waals surface area contributed by atoms with Crippen LogP contribution in [0.1, 0.15) is 0 Å². The molecule has 0 amide bonds. The van der Waals surface area contributed by atoms with Gasteiger partial charge in [0.15, 0.2) is 0 Å². The van der Waals surface area contributed by atoms with Crippen LogP contribution in [-0.2, 0) is 51.2 Å². The number of rotatable bonds is 0. The van der Waals surface area contributed by atoms with Crippen molar-refractivity contribution < 1.29 is 51.2 Å². The van der Waals surface area contributed by atoms with Crippen molar-refractivity contribution in [3.63, 3.8) is 0 Å². The van der Waals surface area contributed by atoms with E-state index < -0.39 is 0 Å². The van der Waals surface area contributed by atoms with Crippen LogP contribution in [0.15, 0.2) is 18.5 Å². The van der Waals surface area contributed by atoms with Gasteiger partial charge in [-0.15, -0.1) is 10.2 Å². The molecule has 0 fully saturated rings. The third-order valence-electron chi connectivity index (χ3n) is 0.409. The summed E-state index contributed by atoms with van der Waals surface area (Å²) in [6.45, 7) is 0. The first-order valence-corrected chi connectivity index (χ1v) is 1.58. The molecule has 63 valence electrons. The minimum absolute atomic E-state index is 0. The van der Waals surface area contributed by atoms with E-state index in [-0.39, 0.29) is 51.2 Å². The van der Waals surface area contributed by atoms with E-state index in [9.17, 15) is 0 Å². The topological polar surface area (TPSA) is 38.7 Å². The Labute approximate surface area is 84.8 Å². The Morgan fingerprint density at radius 3 is 1.33 bits per heavy atom. The van der Waals surface area contributed by atoms with Gasteiger partial charge in [-0.25, -0.2) is 0 Å². The van der Waals surface area contributed by atoms with Crippen LogP contribution in [0.25, 0.3) is 0 Å². The van der Waals surface area contributed by atoms with Gasteiger partial charge in [-0.2, -0.15) is 0 Å². The van der Waals surface area contributed by atoms with E-state index in [2.05, 4.69) is 15.4 Å². The molecule has 1 heterocycles. The molecule has 0 aliphatic rings. The van der Waals surface area contributed by atoms with Crippen LogP contribution in [0, 0.1) is 0 Å². The van der Waals surface area contributed by atoms with Gasteiger partial charge in [0, 0.05) is 51.2 Å². The van der Waals surface area contributed by atoms with Crippen LogP contribution in [0.3, 0.4) is 0 Å². The second-order valence-electron chi connectivity index (χ2n) is 0.811. The maximum absolute atomic E-state index is 3.42. The van der Waals surface area contributed by atoms with E-state index in [1.807, 2.05) is 0 Å². The molecule has 1 rings (SSSR count). The Bertz CT molecular complexity index is 86.2. The van der Waals surface area contributed by atoms with E-state index in [0.717, 1.165) is 0 Å². The van der Waals surface area contributed by atoms with Gasteiger partial charge in [0.25, 0.3) is 0 Å². The zero-order chi connectivity index (χ0) is 4.24. The average molecular weight is 272 g/mol. The first-order valence-electron chi connectivity index (χ1n) is 1.58. The molecule has 0 saturated carbocycles. The minimum atomic E-state index is 0. The Morgan fingerprint density at radius 2 is 1.22 bits per heavy atom. The zero-order valence-electron chi connectivity index (χ0n) is 3.98. The van der Waals surface area contributed by atoms with Crippen molar-refractivity contribution >= 4 is 0 Å². The van der Waals surface area contributed by atoms with Gasteiger partial charge in [-0.3, -0.25) is 0 Å². The number of hydrogen-bond donors (Lipinski definition) is 0. The summed E-state index contributed by atoms with van der Waals surface area (Å²) in [5, 5.41) is 10.1. The smallest absolute Gasteiger partial charge is 0.0529 e. The van der Waals surface area contributed by atoms with Crippen LogP contribution >= 0.6 is 0 Å². The normalized spacial score (nSPS) is 5.33. The van der Waals surface area contributed by atoms with E-state index >= 15 is 0 Å². The van der Waals surface area contributed by atoms with Gasteiger partial charge in [0.1, 0.15) is 0 Å². The largest absolute Gasteiger partial charge is 0.139 e. The molecule has 1 aromatic rings. The molecule has 0 saturated heterocycles. The molecule has 0 spiro atoms. The molecule has 0 bridgehead atoms. The van der Waals surface area contributed by atoms with Crippen molar-refractivity contribution in [3.05, 3.63) is 18.5 Å². The monoisotopic (exact) mass is 270 g/mol. The van der Waals surface area contributed by atoms with Gasteiger partial charge in [-0.05, 0) is 11.3 Å².